The fourth-order valence-electron chi connectivity index (χ4n) is 1.57. The summed E-state index contributed by atoms with van der Waals surface area (Å²) in [7, 11) is 0. The Bertz CT molecular complexity index is 390. The number of nitrogens with two attached hydrogens (primary N) is 1. The number of hydrogen-bond acceptors (Lipinski definition) is 2. The lowest BCUT2D eigenvalue weighted by atomic mass is 10.0. The van der Waals surface area contributed by atoms with Crippen LogP contribution in [0.5, 0.6) is 5.75 Å². The van der Waals surface area contributed by atoms with Crippen molar-refractivity contribution in [3.8, 4) is 5.75 Å². The molecule has 2 rings (SSSR count). The van der Waals surface area contributed by atoms with Crippen LogP contribution in [0.2, 0.25) is 5.02 Å². The zero-order valence-electron chi connectivity index (χ0n) is 8.26. The molecule has 0 aliphatic heterocycles. The van der Waals surface area contributed by atoms with Gasteiger partial charge in [-0.1, -0.05) is 11.6 Å². The van der Waals surface area contributed by atoms with Crippen molar-refractivity contribution in [1.29, 1.82) is 0 Å². The van der Waals surface area contributed by atoms with Gasteiger partial charge in [-0.05, 0) is 37.3 Å². The Labute approximate surface area is 92.9 Å². The molecule has 1 fully saturated rings. The Balaban J connectivity index is 2.10. The van der Waals surface area contributed by atoms with Gasteiger partial charge >= 0.3 is 0 Å². The molecule has 2 nitrogen and oxygen atoms in total. The summed E-state index contributed by atoms with van der Waals surface area (Å²) >= 11 is 5.63. The number of phenolic OH excluding ortho intramolecular Hbond substituents is 1. The van der Waals surface area contributed by atoms with Crippen LogP contribution >= 0.6 is 11.6 Å². The van der Waals surface area contributed by atoms with Crippen molar-refractivity contribution in [2.24, 2.45) is 5.73 Å². The fraction of sp³-hybridized carbons (Fsp3) is 0.455. The van der Waals surface area contributed by atoms with Crippen molar-refractivity contribution in [2.75, 3.05) is 0 Å². The van der Waals surface area contributed by atoms with Gasteiger partial charge in [0.1, 0.15) is 11.6 Å². The maximum atomic E-state index is 12.9. The van der Waals surface area contributed by atoms with Gasteiger partial charge in [-0.25, -0.2) is 4.39 Å². The van der Waals surface area contributed by atoms with Gasteiger partial charge < -0.3 is 10.8 Å². The van der Waals surface area contributed by atoms with Crippen molar-refractivity contribution in [1.82, 2.24) is 0 Å². The number of rotatable bonds is 3. The predicted molar refractivity (Wildman–Crippen MR) is 57.5 cm³/mol. The normalized spacial score (nSPS) is 17.8. The molecule has 1 aliphatic carbocycles. The first-order valence-electron chi connectivity index (χ1n) is 4.96. The van der Waals surface area contributed by atoms with E-state index in [2.05, 4.69) is 0 Å². The summed E-state index contributed by atoms with van der Waals surface area (Å²) in [4.78, 5) is 0. The molecular formula is C11H13ClFNO. The fourth-order valence-corrected chi connectivity index (χ4v) is 1.76. The summed E-state index contributed by atoms with van der Waals surface area (Å²) < 4.78 is 12.9. The van der Waals surface area contributed by atoms with E-state index >= 15 is 0 Å². The second-order valence-corrected chi connectivity index (χ2v) is 4.66. The van der Waals surface area contributed by atoms with Crippen molar-refractivity contribution in [3.63, 3.8) is 0 Å². The Kier molecular flexibility index (Phi) is 2.61. The molecule has 4 heteroatoms. The van der Waals surface area contributed by atoms with Crippen LogP contribution in [0.15, 0.2) is 12.1 Å². The summed E-state index contributed by atoms with van der Waals surface area (Å²) in [5.74, 6) is -0.632. The van der Waals surface area contributed by atoms with E-state index in [1.807, 2.05) is 0 Å². The van der Waals surface area contributed by atoms with Gasteiger partial charge in [0.05, 0.1) is 5.02 Å². The standard InChI is InChI=1S/C11H13ClFNO/c12-8-5-7(10(15)6-9(8)13)1-2-11(14)3-4-11/h5-6,15H,1-4,14H2. The lowest BCUT2D eigenvalue weighted by Gasteiger charge is -2.10. The molecule has 0 unspecified atom stereocenters. The van der Waals surface area contributed by atoms with E-state index in [1.54, 1.807) is 0 Å². The van der Waals surface area contributed by atoms with E-state index in [9.17, 15) is 9.50 Å². The molecule has 1 aromatic rings. The van der Waals surface area contributed by atoms with E-state index in [0.29, 0.717) is 12.0 Å². The summed E-state index contributed by atoms with van der Waals surface area (Å²) in [5, 5.41) is 9.54. The Morgan fingerprint density at radius 2 is 2.13 bits per heavy atom. The number of aromatic hydroxyl groups is 1. The van der Waals surface area contributed by atoms with Gasteiger partial charge in [0.15, 0.2) is 0 Å². The average Bonchev–Trinajstić information content (AvgIpc) is 2.89. The quantitative estimate of drug-likeness (QED) is 0.837. The van der Waals surface area contributed by atoms with Crippen LogP contribution < -0.4 is 5.73 Å². The highest BCUT2D eigenvalue weighted by Crippen LogP contribution is 2.37. The number of benzene rings is 1. The van der Waals surface area contributed by atoms with E-state index < -0.39 is 5.82 Å². The first-order chi connectivity index (χ1) is 7.00. The minimum Gasteiger partial charge on any atom is -0.508 e. The highest BCUT2D eigenvalue weighted by molar-refractivity contribution is 6.30. The van der Waals surface area contributed by atoms with Crippen LogP contribution in [0.4, 0.5) is 4.39 Å². The molecule has 3 N–H and O–H groups in total. The third-order valence-electron chi connectivity index (χ3n) is 2.91. The van der Waals surface area contributed by atoms with Crippen LogP contribution in [0.3, 0.4) is 0 Å². The SMILES string of the molecule is NC1(CCc2cc(Cl)c(F)cc2O)CC1. The van der Waals surface area contributed by atoms with Crippen molar-refractivity contribution in [2.45, 2.75) is 31.2 Å². The highest BCUT2D eigenvalue weighted by Gasteiger charge is 2.37. The number of phenols is 1. The van der Waals surface area contributed by atoms with Gasteiger partial charge in [-0.15, -0.1) is 0 Å². The number of halogens is 2. The van der Waals surface area contributed by atoms with Crippen molar-refractivity contribution < 1.29 is 9.50 Å². The second-order valence-electron chi connectivity index (χ2n) is 4.26. The third-order valence-corrected chi connectivity index (χ3v) is 3.20. The van der Waals surface area contributed by atoms with Gasteiger partial charge in [0.2, 0.25) is 0 Å². The molecule has 0 spiro atoms. The smallest absolute Gasteiger partial charge is 0.145 e. The average molecular weight is 230 g/mol. The molecular weight excluding hydrogens is 217 g/mol. The minimum atomic E-state index is -0.591. The molecule has 0 bridgehead atoms. The molecule has 1 aliphatic rings. The van der Waals surface area contributed by atoms with Crippen LogP contribution in [-0.4, -0.2) is 10.6 Å². The third kappa shape index (κ3) is 2.41. The molecule has 15 heavy (non-hydrogen) atoms. The maximum Gasteiger partial charge on any atom is 0.145 e. The molecule has 0 atom stereocenters. The van der Waals surface area contributed by atoms with Gasteiger partial charge in [-0.3, -0.25) is 0 Å². The monoisotopic (exact) mass is 229 g/mol. The first-order valence-corrected chi connectivity index (χ1v) is 5.34. The van der Waals surface area contributed by atoms with Crippen LogP contribution in [0.25, 0.3) is 0 Å². The summed E-state index contributed by atoms with van der Waals surface area (Å²) in [6, 6.07) is 2.52. The van der Waals surface area contributed by atoms with Crippen molar-refractivity contribution >= 4 is 11.6 Å². The molecule has 1 aromatic carbocycles. The topological polar surface area (TPSA) is 46.2 Å². The van der Waals surface area contributed by atoms with Gasteiger partial charge in [0.25, 0.3) is 0 Å². The number of aryl methyl sites for hydroxylation is 1. The highest BCUT2D eigenvalue weighted by atomic mass is 35.5. The van der Waals surface area contributed by atoms with E-state index in [1.165, 1.54) is 6.07 Å². The Morgan fingerprint density at radius 1 is 1.47 bits per heavy atom. The van der Waals surface area contributed by atoms with E-state index in [0.717, 1.165) is 25.3 Å². The van der Waals surface area contributed by atoms with Crippen LogP contribution in [0.1, 0.15) is 24.8 Å². The number of hydrogen-bond donors (Lipinski definition) is 2. The summed E-state index contributed by atoms with van der Waals surface area (Å²) in [6.45, 7) is 0. The zero-order valence-corrected chi connectivity index (χ0v) is 9.02. The first kappa shape index (κ1) is 10.7. The minimum absolute atomic E-state index is 0.0406. The maximum absolute atomic E-state index is 12.9. The van der Waals surface area contributed by atoms with E-state index in [-0.39, 0.29) is 16.3 Å². The Hall–Kier alpha value is -0.800. The van der Waals surface area contributed by atoms with E-state index in [4.69, 9.17) is 17.3 Å². The molecule has 0 aromatic heterocycles. The lowest BCUT2D eigenvalue weighted by Crippen LogP contribution is -2.22. The molecule has 0 heterocycles. The zero-order chi connectivity index (χ0) is 11.1. The van der Waals surface area contributed by atoms with Crippen molar-refractivity contribution in [3.05, 3.63) is 28.5 Å². The van der Waals surface area contributed by atoms with Crippen LogP contribution in [-0.2, 0) is 6.42 Å². The molecule has 0 saturated heterocycles. The van der Waals surface area contributed by atoms with Crippen LogP contribution in [0, 0.1) is 5.82 Å². The molecule has 82 valence electrons. The summed E-state index contributed by atoms with van der Waals surface area (Å²) in [6.07, 6.45) is 3.51. The molecule has 0 radical (unpaired) electrons. The second kappa shape index (κ2) is 3.65. The Morgan fingerprint density at radius 3 is 2.73 bits per heavy atom. The van der Waals surface area contributed by atoms with Gasteiger partial charge in [-0.2, -0.15) is 0 Å². The summed E-state index contributed by atoms with van der Waals surface area (Å²) in [5.41, 5.74) is 6.53. The largest absolute Gasteiger partial charge is 0.508 e. The predicted octanol–water partition coefficient (Wildman–Crippen LogP) is 2.61. The van der Waals surface area contributed by atoms with Gasteiger partial charge in [0, 0.05) is 11.6 Å². The molecule has 0 amide bonds. The lowest BCUT2D eigenvalue weighted by molar-refractivity contribution is 0.458. The molecule has 1 saturated carbocycles.